The molecule has 7 nitrogen and oxygen atoms in total. The van der Waals surface area contributed by atoms with Crippen LogP contribution in [0.4, 0.5) is 0 Å². The lowest BCUT2D eigenvalue weighted by Gasteiger charge is -2.18. The highest BCUT2D eigenvalue weighted by atomic mass is 32.2. The van der Waals surface area contributed by atoms with Crippen molar-refractivity contribution in [2.75, 3.05) is 13.1 Å². The third-order valence-corrected chi connectivity index (χ3v) is 7.28. The standard InChI is InChI=1S/C19H22N4O3S2/c1-3-23(4-2)28(25,26)15-9-7-14(8-10-15)13-20-19(24)17-12-16(21-22-17)18-6-5-11-27-18/h5-12H,3-4,13H2,1-2H3,(H,20,24)(H,21,22). The number of hydrogen-bond donors (Lipinski definition) is 2. The van der Waals surface area contributed by atoms with Crippen LogP contribution >= 0.6 is 11.3 Å². The Labute approximate surface area is 168 Å². The van der Waals surface area contributed by atoms with Gasteiger partial charge in [-0.1, -0.05) is 32.0 Å². The van der Waals surface area contributed by atoms with Gasteiger partial charge in [0.2, 0.25) is 10.0 Å². The molecule has 0 aliphatic rings. The quantitative estimate of drug-likeness (QED) is 0.588. The summed E-state index contributed by atoms with van der Waals surface area (Å²) in [6, 6.07) is 12.1. The lowest BCUT2D eigenvalue weighted by Crippen LogP contribution is -2.30. The molecule has 1 aromatic carbocycles. The van der Waals surface area contributed by atoms with Crippen molar-refractivity contribution in [3.05, 3.63) is 59.1 Å². The Morgan fingerprint density at radius 2 is 1.89 bits per heavy atom. The number of carbonyl (C=O) groups excluding carboxylic acids is 1. The molecule has 0 radical (unpaired) electrons. The topological polar surface area (TPSA) is 95.2 Å². The van der Waals surface area contributed by atoms with Gasteiger partial charge in [-0.3, -0.25) is 9.89 Å². The van der Waals surface area contributed by atoms with Crippen molar-refractivity contribution in [3.63, 3.8) is 0 Å². The van der Waals surface area contributed by atoms with E-state index < -0.39 is 10.0 Å². The molecule has 0 spiro atoms. The Morgan fingerprint density at radius 1 is 1.18 bits per heavy atom. The van der Waals surface area contributed by atoms with E-state index in [2.05, 4.69) is 15.5 Å². The van der Waals surface area contributed by atoms with Crippen molar-refractivity contribution in [2.45, 2.75) is 25.3 Å². The fourth-order valence-electron chi connectivity index (χ4n) is 2.76. The molecule has 0 aliphatic heterocycles. The number of amides is 1. The van der Waals surface area contributed by atoms with Gasteiger partial charge in [0.25, 0.3) is 5.91 Å². The molecule has 0 bridgehead atoms. The predicted octanol–water partition coefficient (Wildman–Crippen LogP) is 3.10. The summed E-state index contributed by atoms with van der Waals surface area (Å²) in [7, 11) is -3.48. The van der Waals surface area contributed by atoms with Gasteiger partial charge in [-0.2, -0.15) is 9.40 Å². The summed E-state index contributed by atoms with van der Waals surface area (Å²) in [5.41, 5.74) is 1.91. The maximum atomic E-state index is 12.5. The molecule has 28 heavy (non-hydrogen) atoms. The number of hydrogen-bond acceptors (Lipinski definition) is 5. The van der Waals surface area contributed by atoms with E-state index in [-0.39, 0.29) is 17.3 Å². The van der Waals surface area contributed by atoms with Gasteiger partial charge in [0.05, 0.1) is 15.5 Å². The van der Waals surface area contributed by atoms with E-state index in [0.717, 1.165) is 16.1 Å². The van der Waals surface area contributed by atoms with E-state index in [0.29, 0.717) is 18.8 Å². The average Bonchev–Trinajstić information content (AvgIpc) is 3.38. The second-order valence-electron chi connectivity index (χ2n) is 6.06. The molecule has 1 amide bonds. The van der Waals surface area contributed by atoms with Gasteiger partial charge in [-0.25, -0.2) is 8.42 Å². The summed E-state index contributed by atoms with van der Waals surface area (Å²) in [5.74, 6) is -0.293. The van der Waals surface area contributed by atoms with Gasteiger partial charge in [0.15, 0.2) is 5.69 Å². The molecule has 2 heterocycles. The zero-order valence-electron chi connectivity index (χ0n) is 15.7. The van der Waals surface area contributed by atoms with E-state index in [4.69, 9.17) is 0 Å². The first-order valence-electron chi connectivity index (χ1n) is 8.92. The highest BCUT2D eigenvalue weighted by Gasteiger charge is 2.21. The first-order valence-corrected chi connectivity index (χ1v) is 11.2. The maximum Gasteiger partial charge on any atom is 0.272 e. The van der Waals surface area contributed by atoms with Crippen LogP contribution in [0.1, 0.15) is 29.9 Å². The molecule has 0 saturated carbocycles. The SMILES string of the molecule is CCN(CC)S(=O)(=O)c1ccc(CNC(=O)c2cc(-c3cccs3)[nH]n2)cc1. The predicted molar refractivity (Wildman–Crippen MR) is 110 cm³/mol. The monoisotopic (exact) mass is 418 g/mol. The molecule has 0 fully saturated rings. The largest absolute Gasteiger partial charge is 0.347 e. The van der Waals surface area contributed by atoms with E-state index >= 15 is 0 Å². The number of nitrogens with zero attached hydrogens (tertiary/aromatic N) is 2. The van der Waals surface area contributed by atoms with Gasteiger partial charge >= 0.3 is 0 Å². The van der Waals surface area contributed by atoms with Gasteiger partial charge in [0, 0.05) is 19.6 Å². The number of aromatic nitrogens is 2. The molecular formula is C19H22N4O3S2. The Bertz CT molecular complexity index is 1020. The Balaban J connectivity index is 1.63. The molecule has 3 rings (SSSR count). The molecule has 9 heteroatoms. The molecule has 0 unspecified atom stereocenters. The summed E-state index contributed by atoms with van der Waals surface area (Å²) in [4.78, 5) is 13.6. The lowest BCUT2D eigenvalue weighted by atomic mass is 10.2. The highest BCUT2D eigenvalue weighted by molar-refractivity contribution is 7.89. The normalized spacial score (nSPS) is 11.7. The molecule has 3 aromatic rings. The van der Waals surface area contributed by atoms with Crippen molar-refractivity contribution in [3.8, 4) is 10.6 Å². The number of nitrogens with one attached hydrogen (secondary N) is 2. The van der Waals surface area contributed by atoms with Crippen molar-refractivity contribution in [2.24, 2.45) is 0 Å². The van der Waals surface area contributed by atoms with Crippen LogP contribution in [0.5, 0.6) is 0 Å². The Hall–Kier alpha value is -2.49. The van der Waals surface area contributed by atoms with Gasteiger partial charge in [0.1, 0.15) is 0 Å². The second-order valence-corrected chi connectivity index (χ2v) is 8.95. The number of aromatic amines is 1. The van der Waals surface area contributed by atoms with Crippen LogP contribution in [0.2, 0.25) is 0 Å². The lowest BCUT2D eigenvalue weighted by molar-refractivity contribution is 0.0946. The zero-order valence-corrected chi connectivity index (χ0v) is 17.3. The fraction of sp³-hybridized carbons (Fsp3) is 0.263. The highest BCUT2D eigenvalue weighted by Crippen LogP contribution is 2.23. The van der Waals surface area contributed by atoms with E-state index in [1.54, 1.807) is 41.7 Å². The first-order chi connectivity index (χ1) is 13.5. The van der Waals surface area contributed by atoms with Crippen molar-refractivity contribution in [1.82, 2.24) is 19.8 Å². The Morgan fingerprint density at radius 3 is 2.50 bits per heavy atom. The minimum Gasteiger partial charge on any atom is -0.347 e. The molecule has 0 saturated heterocycles. The molecular weight excluding hydrogens is 396 g/mol. The third-order valence-electron chi connectivity index (χ3n) is 4.32. The number of carbonyl (C=O) groups is 1. The van der Waals surface area contributed by atoms with Gasteiger partial charge in [-0.05, 0) is 35.2 Å². The van der Waals surface area contributed by atoms with Crippen LogP contribution in [0.3, 0.4) is 0 Å². The number of sulfonamides is 1. The van der Waals surface area contributed by atoms with E-state index in [1.807, 2.05) is 31.4 Å². The average molecular weight is 419 g/mol. The van der Waals surface area contributed by atoms with E-state index in [9.17, 15) is 13.2 Å². The van der Waals surface area contributed by atoms with Gasteiger partial charge < -0.3 is 5.32 Å². The summed E-state index contributed by atoms with van der Waals surface area (Å²) in [6.07, 6.45) is 0. The van der Waals surface area contributed by atoms with Crippen molar-refractivity contribution >= 4 is 27.3 Å². The van der Waals surface area contributed by atoms with Crippen LogP contribution in [0, 0.1) is 0 Å². The third kappa shape index (κ3) is 4.32. The molecule has 2 N–H and O–H groups in total. The maximum absolute atomic E-state index is 12.5. The van der Waals surface area contributed by atoms with Crippen LogP contribution in [-0.4, -0.2) is 41.9 Å². The fourth-order valence-corrected chi connectivity index (χ4v) is 4.91. The van der Waals surface area contributed by atoms with E-state index in [1.165, 1.54) is 4.31 Å². The molecule has 148 valence electrons. The number of benzene rings is 1. The summed E-state index contributed by atoms with van der Waals surface area (Å²) < 4.78 is 26.4. The molecule has 2 aromatic heterocycles. The van der Waals surface area contributed by atoms with Gasteiger partial charge in [-0.15, -0.1) is 11.3 Å². The number of thiophene rings is 1. The van der Waals surface area contributed by atoms with Crippen LogP contribution in [0.15, 0.2) is 52.7 Å². The Kier molecular flexibility index (Phi) is 6.28. The van der Waals surface area contributed by atoms with Crippen LogP contribution in [0.25, 0.3) is 10.6 Å². The molecule has 0 aliphatic carbocycles. The first kappa shape index (κ1) is 20.2. The van der Waals surface area contributed by atoms with Crippen molar-refractivity contribution < 1.29 is 13.2 Å². The number of H-pyrrole nitrogens is 1. The zero-order chi connectivity index (χ0) is 20.1. The van der Waals surface area contributed by atoms with Crippen LogP contribution < -0.4 is 5.32 Å². The smallest absolute Gasteiger partial charge is 0.272 e. The summed E-state index contributed by atoms with van der Waals surface area (Å²) in [5, 5.41) is 11.7. The summed E-state index contributed by atoms with van der Waals surface area (Å²) in [6.45, 7) is 4.75. The summed E-state index contributed by atoms with van der Waals surface area (Å²) >= 11 is 1.56. The number of rotatable bonds is 8. The minimum atomic E-state index is -3.48. The minimum absolute atomic E-state index is 0.249. The second kappa shape index (κ2) is 8.68. The molecule has 0 atom stereocenters. The van der Waals surface area contributed by atoms with Crippen LogP contribution in [-0.2, 0) is 16.6 Å². The van der Waals surface area contributed by atoms with Crippen molar-refractivity contribution in [1.29, 1.82) is 0 Å².